The van der Waals surface area contributed by atoms with E-state index in [4.69, 9.17) is 5.73 Å². The molecule has 8 heteroatoms. The van der Waals surface area contributed by atoms with Crippen LogP contribution in [0.2, 0.25) is 0 Å². The van der Waals surface area contributed by atoms with Crippen LogP contribution in [0.15, 0.2) is 48.5 Å². The Morgan fingerprint density at radius 2 is 1.86 bits per heavy atom. The first-order valence-corrected chi connectivity index (χ1v) is 11.3. The van der Waals surface area contributed by atoms with Crippen LogP contribution >= 0.6 is 0 Å². The van der Waals surface area contributed by atoms with E-state index in [1.165, 1.54) is 18.2 Å². The molecule has 1 aliphatic rings. The van der Waals surface area contributed by atoms with Crippen molar-refractivity contribution in [3.8, 4) is 11.5 Å². The van der Waals surface area contributed by atoms with Gasteiger partial charge in [0.05, 0.1) is 5.56 Å². The highest BCUT2D eigenvalue weighted by atomic mass is 19.1. The zero-order chi connectivity index (χ0) is 25.3. The summed E-state index contributed by atoms with van der Waals surface area (Å²) in [5, 5.41) is 20.5. The third-order valence-electron chi connectivity index (χ3n) is 6.73. The highest BCUT2D eigenvalue weighted by molar-refractivity contribution is 5.99. The van der Waals surface area contributed by atoms with Gasteiger partial charge in [0, 0.05) is 55.6 Å². The topological polar surface area (TPSA) is 86.8 Å². The van der Waals surface area contributed by atoms with Crippen molar-refractivity contribution in [2.24, 2.45) is 11.7 Å². The smallest absolute Gasteiger partial charge is 0.170 e. The van der Waals surface area contributed by atoms with Crippen molar-refractivity contribution in [3.05, 3.63) is 94.3 Å². The molecule has 1 aliphatic heterocycles. The quantitative estimate of drug-likeness (QED) is 0.456. The molecule has 0 spiro atoms. The molecule has 1 saturated heterocycles. The lowest BCUT2D eigenvalue weighted by atomic mass is 9.67. The van der Waals surface area contributed by atoms with Crippen molar-refractivity contribution in [3.63, 3.8) is 0 Å². The Morgan fingerprint density at radius 3 is 2.60 bits per heavy atom. The third kappa shape index (κ3) is 4.90. The molecule has 1 radical (unpaired) electrons. The van der Waals surface area contributed by atoms with E-state index in [1.807, 2.05) is 4.90 Å². The number of nitrogens with two attached hydrogens (primary N) is 1. The van der Waals surface area contributed by atoms with Gasteiger partial charge >= 0.3 is 0 Å². The lowest BCUT2D eigenvalue weighted by Crippen LogP contribution is -2.48. The maximum atomic E-state index is 14.7. The molecule has 0 saturated carbocycles. The standard InChI is InChI=1S/C27H26F3N2O3/c1-15-18(3-2-4-23(15)29)26-21(19-11-16(28)5-8-25(19)34)13-32(10-9-31)14-22(26)27(35)20-12-17(33)6-7-24(20)30/h2-8,12,21-22,26,33-34H,9-10,13-14,31H2,1H3/t21-,22+,26-/m1/s1. The minimum atomic E-state index is -0.909. The second-order valence-electron chi connectivity index (χ2n) is 8.87. The van der Waals surface area contributed by atoms with Gasteiger partial charge in [0.15, 0.2) is 5.78 Å². The van der Waals surface area contributed by atoms with E-state index in [9.17, 15) is 28.2 Å². The van der Waals surface area contributed by atoms with Gasteiger partial charge in [-0.25, -0.2) is 13.2 Å². The summed E-state index contributed by atoms with van der Waals surface area (Å²) in [5.41, 5.74) is 6.43. The Morgan fingerprint density at radius 1 is 1.09 bits per heavy atom. The second kappa shape index (κ2) is 10.1. The fraction of sp³-hybridized carbons (Fsp3) is 0.296. The van der Waals surface area contributed by atoms with Crippen LogP contribution < -0.4 is 5.73 Å². The maximum absolute atomic E-state index is 14.7. The van der Waals surface area contributed by atoms with Crippen LogP contribution in [0.25, 0.3) is 0 Å². The number of hydrogen-bond donors (Lipinski definition) is 3. The van der Waals surface area contributed by atoms with Gasteiger partial charge in [-0.2, -0.15) is 0 Å². The minimum Gasteiger partial charge on any atom is -0.508 e. The predicted molar refractivity (Wildman–Crippen MR) is 125 cm³/mol. The van der Waals surface area contributed by atoms with Gasteiger partial charge in [0.1, 0.15) is 29.0 Å². The fourth-order valence-corrected chi connectivity index (χ4v) is 5.10. The number of phenolic OH excluding ortho intramolecular Hbond substituents is 2. The van der Waals surface area contributed by atoms with Crippen molar-refractivity contribution in [2.75, 3.05) is 26.2 Å². The molecule has 5 nitrogen and oxygen atoms in total. The monoisotopic (exact) mass is 483 g/mol. The van der Waals surface area contributed by atoms with Crippen LogP contribution in [-0.2, 0) is 0 Å². The molecule has 0 aliphatic carbocycles. The third-order valence-corrected chi connectivity index (χ3v) is 6.73. The molecule has 0 amide bonds. The van der Waals surface area contributed by atoms with E-state index >= 15 is 0 Å². The average molecular weight is 484 g/mol. The van der Waals surface area contributed by atoms with Crippen molar-refractivity contribution in [1.29, 1.82) is 0 Å². The number of ketones is 1. The summed E-state index contributed by atoms with van der Waals surface area (Å²) in [6.07, 6.45) is 0. The molecule has 1 fully saturated rings. The Hall–Kier alpha value is -3.36. The van der Waals surface area contributed by atoms with E-state index in [0.29, 0.717) is 17.7 Å². The number of Topliss-reactive ketones (excluding diaryl/α,β-unsaturated/α-hetero) is 1. The maximum Gasteiger partial charge on any atom is 0.170 e. The highest BCUT2D eigenvalue weighted by Gasteiger charge is 2.44. The SMILES string of the molecule is Cc1c(F)cccc1[C@H]1[C@@H](C(=O)c2cc(O)ccc2F)CN(CCN)C[C@@H]1c1[c]c(F)ccc1O. The molecule has 0 aromatic heterocycles. The Bertz CT molecular complexity index is 1250. The van der Waals surface area contributed by atoms with Crippen LogP contribution in [0.5, 0.6) is 11.5 Å². The van der Waals surface area contributed by atoms with Gasteiger partial charge in [-0.15, -0.1) is 0 Å². The van der Waals surface area contributed by atoms with E-state index in [0.717, 1.165) is 24.3 Å². The summed E-state index contributed by atoms with van der Waals surface area (Å²) in [4.78, 5) is 15.7. The van der Waals surface area contributed by atoms with Gasteiger partial charge in [0.25, 0.3) is 0 Å². The van der Waals surface area contributed by atoms with Crippen LogP contribution in [0, 0.1) is 36.4 Å². The zero-order valence-electron chi connectivity index (χ0n) is 19.1. The average Bonchev–Trinajstić information content (AvgIpc) is 2.83. The molecule has 4 rings (SSSR count). The van der Waals surface area contributed by atoms with Crippen molar-refractivity contribution in [1.82, 2.24) is 4.90 Å². The van der Waals surface area contributed by atoms with E-state index in [1.54, 1.807) is 13.0 Å². The largest absolute Gasteiger partial charge is 0.508 e. The number of aromatic hydroxyl groups is 2. The number of benzene rings is 3. The molecule has 1 heterocycles. The number of likely N-dealkylation sites (tertiary alicyclic amines) is 1. The van der Waals surface area contributed by atoms with Crippen molar-refractivity contribution in [2.45, 2.75) is 18.8 Å². The fourth-order valence-electron chi connectivity index (χ4n) is 5.10. The molecule has 3 aromatic carbocycles. The number of phenols is 2. The van der Waals surface area contributed by atoms with Crippen LogP contribution in [0.1, 0.15) is 38.9 Å². The zero-order valence-corrected chi connectivity index (χ0v) is 19.1. The summed E-state index contributed by atoms with van der Waals surface area (Å²) in [6, 6.07) is 12.6. The normalized spacial score (nSPS) is 20.7. The van der Waals surface area contributed by atoms with Crippen LogP contribution in [0.4, 0.5) is 13.2 Å². The lowest BCUT2D eigenvalue weighted by molar-refractivity contribution is 0.0738. The Balaban J connectivity index is 1.93. The first kappa shape index (κ1) is 24.8. The molecular weight excluding hydrogens is 457 g/mol. The van der Waals surface area contributed by atoms with Gasteiger partial charge in [-0.1, -0.05) is 12.1 Å². The van der Waals surface area contributed by atoms with Gasteiger partial charge < -0.3 is 20.8 Å². The number of hydrogen-bond acceptors (Lipinski definition) is 5. The number of halogens is 3. The van der Waals surface area contributed by atoms with Crippen molar-refractivity contribution < 1.29 is 28.2 Å². The van der Waals surface area contributed by atoms with Gasteiger partial charge in [-0.05, 0) is 54.4 Å². The molecule has 183 valence electrons. The first-order valence-electron chi connectivity index (χ1n) is 11.3. The summed E-state index contributed by atoms with van der Waals surface area (Å²) in [6.45, 7) is 2.72. The number of nitrogens with zero attached hydrogens (tertiary/aromatic N) is 1. The van der Waals surface area contributed by atoms with Gasteiger partial charge in [0.2, 0.25) is 0 Å². The summed E-state index contributed by atoms with van der Waals surface area (Å²) in [5.74, 6) is -5.36. The number of carbonyl (C=O) groups excluding carboxylic acids is 1. The Labute approximate surface area is 201 Å². The number of piperidine rings is 1. The minimum absolute atomic E-state index is 0.148. The van der Waals surface area contributed by atoms with Gasteiger partial charge in [-0.3, -0.25) is 4.79 Å². The molecule has 3 atom stereocenters. The van der Waals surface area contributed by atoms with Crippen LogP contribution in [0.3, 0.4) is 0 Å². The Kier molecular flexibility index (Phi) is 7.14. The summed E-state index contributed by atoms with van der Waals surface area (Å²) in [7, 11) is 0. The summed E-state index contributed by atoms with van der Waals surface area (Å²) >= 11 is 0. The molecular formula is C27H26F3N2O3. The first-order chi connectivity index (χ1) is 16.7. The number of carbonyl (C=O) groups is 1. The molecule has 3 aromatic rings. The second-order valence-corrected chi connectivity index (χ2v) is 8.87. The van der Waals surface area contributed by atoms with E-state index in [2.05, 4.69) is 6.07 Å². The molecule has 0 bridgehead atoms. The van der Waals surface area contributed by atoms with E-state index in [-0.39, 0.29) is 42.3 Å². The van der Waals surface area contributed by atoms with Crippen molar-refractivity contribution >= 4 is 5.78 Å². The molecule has 0 unspecified atom stereocenters. The van der Waals surface area contributed by atoms with Crippen LogP contribution in [-0.4, -0.2) is 47.1 Å². The summed E-state index contributed by atoms with van der Waals surface area (Å²) < 4.78 is 43.6. The predicted octanol–water partition coefficient (Wildman–Crippen LogP) is 4.26. The lowest BCUT2D eigenvalue weighted by Gasteiger charge is -2.44. The van der Waals surface area contributed by atoms with E-state index < -0.39 is 41.0 Å². The molecule has 4 N–H and O–H groups in total. The number of rotatable bonds is 6. The molecule has 35 heavy (non-hydrogen) atoms. The highest BCUT2D eigenvalue weighted by Crippen LogP contribution is 2.47.